The minimum atomic E-state index is -0.205. The maximum Gasteiger partial charge on any atom is 0.271 e. The number of hydrazone groups is 1. The van der Waals surface area contributed by atoms with Gasteiger partial charge in [0.15, 0.2) is 0 Å². The topological polar surface area (TPSA) is 50.7 Å². The normalized spacial score (nSPS) is 11.4. The van der Waals surface area contributed by atoms with Gasteiger partial charge in [-0.05, 0) is 41.7 Å². The Morgan fingerprint density at radius 1 is 0.933 bits per heavy atom. The highest BCUT2D eigenvalue weighted by Gasteiger charge is 2.08. The molecule has 0 atom stereocenters. The average Bonchev–Trinajstić information content (AvgIpc) is 2.79. The molecule has 3 aromatic carbocycles. The number of nitrogens with one attached hydrogen (secondary N) is 1. The van der Waals surface area contributed by atoms with Crippen LogP contribution in [0.3, 0.4) is 0 Å². The summed E-state index contributed by atoms with van der Waals surface area (Å²) in [7, 11) is 0. The smallest absolute Gasteiger partial charge is 0.271 e. The predicted molar refractivity (Wildman–Crippen MR) is 123 cm³/mol. The number of para-hydroxylation sites is 1. The number of nitrogens with zero attached hydrogens (tertiary/aromatic N) is 1. The van der Waals surface area contributed by atoms with Gasteiger partial charge in [0.1, 0.15) is 12.4 Å². The minimum absolute atomic E-state index is 0.205. The Balaban J connectivity index is 1.64. The lowest BCUT2D eigenvalue weighted by molar-refractivity contribution is 0.0954. The number of benzene rings is 3. The van der Waals surface area contributed by atoms with Crippen LogP contribution in [0.4, 0.5) is 0 Å². The highest BCUT2D eigenvalue weighted by atomic mass is 16.5. The molecule has 0 aliphatic rings. The van der Waals surface area contributed by atoms with Crippen molar-refractivity contribution in [1.82, 2.24) is 5.43 Å². The van der Waals surface area contributed by atoms with E-state index in [-0.39, 0.29) is 5.91 Å². The van der Waals surface area contributed by atoms with E-state index in [1.54, 1.807) is 12.1 Å². The first-order valence-electron chi connectivity index (χ1n) is 10.3. The number of carbonyl (C=O) groups is 1. The van der Waals surface area contributed by atoms with Gasteiger partial charge in [-0.1, -0.05) is 81.4 Å². The molecule has 0 aromatic heterocycles. The number of hydrogen-bond donors (Lipinski definition) is 1. The van der Waals surface area contributed by atoms with Crippen molar-refractivity contribution in [3.05, 3.63) is 90.0 Å². The zero-order chi connectivity index (χ0) is 21.3. The average molecular weight is 401 g/mol. The second-order valence-electron chi connectivity index (χ2n) is 7.40. The summed E-state index contributed by atoms with van der Waals surface area (Å²) in [5, 5.41) is 4.25. The Hall–Kier alpha value is -3.40. The van der Waals surface area contributed by atoms with Gasteiger partial charge in [-0.15, -0.1) is 0 Å². The Labute approximate surface area is 178 Å². The molecule has 0 spiro atoms. The minimum Gasteiger partial charge on any atom is -0.488 e. The van der Waals surface area contributed by atoms with E-state index < -0.39 is 0 Å². The molecule has 30 heavy (non-hydrogen) atoms. The molecule has 0 saturated heterocycles. The van der Waals surface area contributed by atoms with Crippen LogP contribution < -0.4 is 10.2 Å². The van der Waals surface area contributed by atoms with E-state index >= 15 is 0 Å². The van der Waals surface area contributed by atoms with Gasteiger partial charge >= 0.3 is 0 Å². The van der Waals surface area contributed by atoms with Crippen molar-refractivity contribution in [2.24, 2.45) is 11.0 Å². The number of hydrogen-bond acceptors (Lipinski definition) is 3. The molecule has 1 amide bonds. The summed E-state index contributed by atoms with van der Waals surface area (Å²) in [6.07, 6.45) is 0.818. The van der Waals surface area contributed by atoms with E-state index in [9.17, 15) is 4.79 Å². The number of rotatable bonds is 8. The Morgan fingerprint density at radius 2 is 1.60 bits per heavy atom. The van der Waals surface area contributed by atoms with E-state index in [4.69, 9.17) is 4.74 Å². The van der Waals surface area contributed by atoms with Crippen molar-refractivity contribution in [3.63, 3.8) is 0 Å². The van der Waals surface area contributed by atoms with Gasteiger partial charge in [-0.25, -0.2) is 5.43 Å². The molecule has 4 nitrogen and oxygen atoms in total. The molecule has 0 saturated carbocycles. The molecule has 0 aliphatic carbocycles. The number of amides is 1. The lowest BCUT2D eigenvalue weighted by Crippen LogP contribution is -2.21. The van der Waals surface area contributed by atoms with Crippen LogP contribution in [0.15, 0.2) is 84.0 Å². The summed E-state index contributed by atoms with van der Waals surface area (Å²) in [6, 6.07) is 25.6. The van der Waals surface area contributed by atoms with Gasteiger partial charge in [-0.2, -0.15) is 5.10 Å². The van der Waals surface area contributed by atoms with Gasteiger partial charge < -0.3 is 4.74 Å². The molecule has 3 aromatic rings. The summed E-state index contributed by atoms with van der Waals surface area (Å²) in [6.45, 7) is 6.60. The Morgan fingerprint density at radius 3 is 2.27 bits per heavy atom. The monoisotopic (exact) mass is 400 g/mol. The second kappa shape index (κ2) is 10.4. The molecule has 4 heteroatoms. The number of carbonyl (C=O) groups excluding carboxylic acids is 1. The van der Waals surface area contributed by atoms with E-state index in [1.165, 1.54) is 0 Å². The van der Waals surface area contributed by atoms with Gasteiger partial charge in [0, 0.05) is 16.8 Å². The maximum atomic E-state index is 12.3. The third-order valence-electron chi connectivity index (χ3n) is 4.91. The zero-order valence-electron chi connectivity index (χ0n) is 17.8. The van der Waals surface area contributed by atoms with Crippen LogP contribution in [0, 0.1) is 5.92 Å². The van der Waals surface area contributed by atoms with Crippen LogP contribution in [0.5, 0.6) is 5.75 Å². The summed E-state index contributed by atoms with van der Waals surface area (Å²) >= 11 is 0. The van der Waals surface area contributed by atoms with Crippen molar-refractivity contribution in [3.8, 4) is 16.9 Å². The standard InChI is InChI=1S/C26H28N2O2/c1-4-24(19(2)3)27-28-26(29)22-16-14-20(15-17-22)18-30-25-13-9-8-12-23(25)21-10-6-5-7-11-21/h5-17,19H,4,18H2,1-3H3,(H,28,29). The van der Waals surface area contributed by atoms with Gasteiger partial charge in [0.2, 0.25) is 0 Å². The fraction of sp³-hybridized carbons (Fsp3) is 0.231. The van der Waals surface area contributed by atoms with Gasteiger partial charge in [-0.3, -0.25) is 4.79 Å². The molecular formula is C26H28N2O2. The largest absolute Gasteiger partial charge is 0.488 e. The molecular weight excluding hydrogens is 372 g/mol. The van der Waals surface area contributed by atoms with Crippen molar-refractivity contribution < 1.29 is 9.53 Å². The van der Waals surface area contributed by atoms with Crippen LogP contribution in [-0.2, 0) is 6.61 Å². The molecule has 0 radical (unpaired) electrons. The molecule has 3 rings (SSSR count). The Kier molecular flexibility index (Phi) is 7.39. The molecule has 0 unspecified atom stereocenters. The van der Waals surface area contributed by atoms with Gasteiger partial charge in [0.25, 0.3) is 5.91 Å². The molecule has 0 aliphatic heterocycles. The summed E-state index contributed by atoms with van der Waals surface area (Å²) in [5.74, 6) is 0.942. The van der Waals surface area contributed by atoms with Crippen LogP contribution in [0.1, 0.15) is 43.1 Å². The van der Waals surface area contributed by atoms with E-state index in [2.05, 4.69) is 42.6 Å². The molecule has 1 N–H and O–H groups in total. The third-order valence-corrected chi connectivity index (χ3v) is 4.91. The zero-order valence-corrected chi connectivity index (χ0v) is 17.8. The number of ether oxygens (including phenoxy) is 1. The lowest BCUT2D eigenvalue weighted by atomic mass is 10.0. The lowest BCUT2D eigenvalue weighted by Gasteiger charge is -2.12. The predicted octanol–water partition coefficient (Wildman–Crippen LogP) is 6.08. The fourth-order valence-corrected chi connectivity index (χ4v) is 3.17. The Bertz CT molecular complexity index is 993. The first kappa shape index (κ1) is 21.3. The highest BCUT2D eigenvalue weighted by molar-refractivity contribution is 5.95. The first-order valence-corrected chi connectivity index (χ1v) is 10.3. The van der Waals surface area contributed by atoms with E-state index in [1.807, 2.05) is 55.5 Å². The van der Waals surface area contributed by atoms with Crippen LogP contribution in [-0.4, -0.2) is 11.6 Å². The summed E-state index contributed by atoms with van der Waals surface area (Å²) in [5.41, 5.74) is 7.38. The van der Waals surface area contributed by atoms with E-state index in [0.29, 0.717) is 18.1 Å². The highest BCUT2D eigenvalue weighted by Crippen LogP contribution is 2.30. The first-order chi connectivity index (χ1) is 14.6. The quantitative estimate of drug-likeness (QED) is 0.368. The third kappa shape index (κ3) is 5.57. The van der Waals surface area contributed by atoms with Crippen LogP contribution in [0.2, 0.25) is 0 Å². The van der Waals surface area contributed by atoms with Crippen molar-refractivity contribution in [2.45, 2.75) is 33.8 Å². The maximum absolute atomic E-state index is 12.3. The second-order valence-corrected chi connectivity index (χ2v) is 7.40. The summed E-state index contributed by atoms with van der Waals surface area (Å²) in [4.78, 5) is 12.3. The van der Waals surface area contributed by atoms with Crippen molar-refractivity contribution in [2.75, 3.05) is 0 Å². The van der Waals surface area contributed by atoms with Crippen molar-refractivity contribution in [1.29, 1.82) is 0 Å². The molecule has 0 heterocycles. The van der Waals surface area contributed by atoms with Crippen molar-refractivity contribution >= 4 is 11.6 Å². The van der Waals surface area contributed by atoms with Crippen LogP contribution >= 0.6 is 0 Å². The van der Waals surface area contributed by atoms with E-state index in [0.717, 1.165) is 34.6 Å². The summed E-state index contributed by atoms with van der Waals surface area (Å²) < 4.78 is 6.08. The molecule has 0 fully saturated rings. The molecule has 0 bridgehead atoms. The van der Waals surface area contributed by atoms with Gasteiger partial charge in [0.05, 0.1) is 0 Å². The van der Waals surface area contributed by atoms with Crippen LogP contribution in [0.25, 0.3) is 11.1 Å². The SMILES string of the molecule is CCC(=NNC(=O)c1ccc(COc2ccccc2-c2ccccc2)cc1)C(C)C. The fourth-order valence-electron chi connectivity index (χ4n) is 3.17. The molecule has 154 valence electrons.